The summed E-state index contributed by atoms with van der Waals surface area (Å²) in [6.07, 6.45) is 3.74. The van der Waals surface area contributed by atoms with Gasteiger partial charge in [0.05, 0.1) is 18.5 Å². The molecule has 4 aromatic rings. The van der Waals surface area contributed by atoms with E-state index >= 15 is 0 Å². The molecule has 3 heterocycles. The summed E-state index contributed by atoms with van der Waals surface area (Å²) < 4.78 is 40.9. The highest BCUT2D eigenvalue weighted by Gasteiger charge is 2.20. The number of nitrogens with zero attached hydrogens (tertiary/aromatic N) is 3. The van der Waals surface area contributed by atoms with E-state index in [1.54, 1.807) is 12.1 Å². The van der Waals surface area contributed by atoms with Crippen LogP contribution in [0.15, 0.2) is 65.8 Å². The van der Waals surface area contributed by atoms with E-state index in [0.29, 0.717) is 17.2 Å². The van der Waals surface area contributed by atoms with Crippen molar-refractivity contribution in [2.75, 3.05) is 11.8 Å². The Hall–Kier alpha value is -3.01. The molecule has 0 aliphatic rings. The summed E-state index contributed by atoms with van der Waals surface area (Å²) in [7, 11) is -2.50. The van der Waals surface area contributed by atoms with Crippen LogP contribution in [0.3, 0.4) is 0 Å². The Morgan fingerprint density at radius 2 is 1.90 bits per heavy atom. The molecule has 0 saturated heterocycles. The number of anilines is 1. The van der Waals surface area contributed by atoms with Gasteiger partial charge in [0.25, 0.3) is 10.0 Å². The van der Waals surface area contributed by atoms with Gasteiger partial charge in [0.2, 0.25) is 0 Å². The van der Waals surface area contributed by atoms with Gasteiger partial charge in [0, 0.05) is 18.5 Å². The second-order valence-electron chi connectivity index (χ2n) is 6.38. The van der Waals surface area contributed by atoms with E-state index in [4.69, 9.17) is 32.7 Å². The molecule has 0 amide bonds. The first-order valence-electron chi connectivity index (χ1n) is 8.94. The molecule has 0 aliphatic carbocycles. The van der Waals surface area contributed by atoms with E-state index < -0.39 is 10.0 Å². The fourth-order valence-corrected chi connectivity index (χ4v) is 4.58. The molecule has 0 atom stereocenters. The largest absolute Gasteiger partial charge is 0.493 e. The van der Waals surface area contributed by atoms with E-state index in [-0.39, 0.29) is 27.5 Å². The third-order valence-corrected chi connectivity index (χ3v) is 6.30. The summed E-state index contributed by atoms with van der Waals surface area (Å²) in [6, 6.07) is 13.0. The van der Waals surface area contributed by atoms with Crippen LogP contribution in [0.5, 0.6) is 11.5 Å². The minimum absolute atomic E-state index is 0.0935. The molecule has 31 heavy (non-hydrogen) atoms. The van der Waals surface area contributed by atoms with E-state index in [1.807, 2.05) is 35.0 Å². The number of nitrogens with one attached hydrogen (secondary N) is 1. The monoisotopic (exact) mass is 478 g/mol. The van der Waals surface area contributed by atoms with Crippen molar-refractivity contribution in [1.29, 1.82) is 0 Å². The van der Waals surface area contributed by atoms with Gasteiger partial charge in [-0.3, -0.25) is 4.72 Å². The zero-order valence-corrected chi connectivity index (χ0v) is 18.4. The lowest BCUT2D eigenvalue weighted by atomic mass is 10.3. The maximum absolute atomic E-state index is 12.7. The molecule has 0 saturated carbocycles. The zero-order valence-electron chi connectivity index (χ0n) is 16.1. The van der Waals surface area contributed by atoms with Crippen LogP contribution in [0.25, 0.3) is 5.65 Å². The van der Waals surface area contributed by atoms with Gasteiger partial charge in [-0.15, -0.1) is 0 Å². The third kappa shape index (κ3) is 4.68. The Kier molecular flexibility index (Phi) is 5.90. The molecule has 160 valence electrons. The number of rotatable bonds is 7. The van der Waals surface area contributed by atoms with Gasteiger partial charge in [-0.1, -0.05) is 29.3 Å². The number of methoxy groups -OCH3 is 1. The highest BCUT2D eigenvalue weighted by atomic mass is 35.5. The predicted octanol–water partition coefficient (Wildman–Crippen LogP) is 4.42. The SMILES string of the molecule is COc1ccc(NS(=O)(=O)c2ccc(Cl)nc2Cl)cc1OCc1cn2ccccc2n1. The first kappa shape index (κ1) is 21.2. The average molecular weight is 479 g/mol. The molecule has 8 nitrogen and oxygen atoms in total. The fraction of sp³-hybridized carbons (Fsp3) is 0.100. The van der Waals surface area contributed by atoms with Crippen molar-refractivity contribution >= 4 is 44.6 Å². The summed E-state index contributed by atoms with van der Waals surface area (Å²) in [5.41, 5.74) is 1.76. The molecular formula is C20H16Cl2N4O4S. The minimum atomic E-state index is -4.00. The van der Waals surface area contributed by atoms with Gasteiger partial charge in [-0.25, -0.2) is 18.4 Å². The summed E-state index contributed by atoms with van der Waals surface area (Å²) >= 11 is 11.7. The van der Waals surface area contributed by atoms with Crippen molar-refractivity contribution in [2.45, 2.75) is 11.5 Å². The highest BCUT2D eigenvalue weighted by molar-refractivity contribution is 7.92. The van der Waals surface area contributed by atoms with Crippen LogP contribution in [-0.4, -0.2) is 29.9 Å². The lowest BCUT2D eigenvalue weighted by Gasteiger charge is -2.13. The molecule has 0 bridgehead atoms. The molecule has 1 aromatic carbocycles. The average Bonchev–Trinajstić information content (AvgIpc) is 3.15. The fourth-order valence-electron chi connectivity index (χ4n) is 2.87. The van der Waals surface area contributed by atoms with Gasteiger partial charge in [-0.05, 0) is 36.4 Å². The number of benzene rings is 1. The first-order valence-corrected chi connectivity index (χ1v) is 11.2. The van der Waals surface area contributed by atoms with Crippen LogP contribution >= 0.6 is 23.2 Å². The number of ether oxygens (including phenoxy) is 2. The number of imidazole rings is 1. The van der Waals surface area contributed by atoms with Crippen LogP contribution in [0.1, 0.15) is 5.69 Å². The van der Waals surface area contributed by atoms with Gasteiger partial charge < -0.3 is 13.9 Å². The molecule has 0 radical (unpaired) electrons. The quantitative estimate of drug-likeness (QED) is 0.395. The Labute approximate surface area is 188 Å². The van der Waals surface area contributed by atoms with E-state index in [2.05, 4.69) is 14.7 Å². The summed E-state index contributed by atoms with van der Waals surface area (Å²) in [6.45, 7) is 0.168. The van der Waals surface area contributed by atoms with Crippen LogP contribution in [0, 0.1) is 0 Å². The normalized spacial score (nSPS) is 11.5. The Morgan fingerprint density at radius 1 is 1.06 bits per heavy atom. The standard InChI is InChI=1S/C20H16Cl2N4O4S/c1-29-15-6-5-13(25-31(27,28)17-7-8-18(21)24-20(17)22)10-16(15)30-12-14-11-26-9-3-2-4-19(26)23-14/h2-11,25H,12H2,1H3. The summed E-state index contributed by atoms with van der Waals surface area (Å²) in [5.74, 6) is 0.790. The molecule has 1 N–H and O–H groups in total. The first-order chi connectivity index (χ1) is 14.9. The van der Waals surface area contributed by atoms with E-state index in [9.17, 15) is 8.42 Å². The van der Waals surface area contributed by atoms with Crippen molar-refractivity contribution in [3.63, 3.8) is 0 Å². The minimum Gasteiger partial charge on any atom is -0.493 e. The number of hydrogen-bond donors (Lipinski definition) is 1. The molecule has 0 spiro atoms. The van der Waals surface area contributed by atoms with Crippen molar-refractivity contribution in [3.8, 4) is 11.5 Å². The van der Waals surface area contributed by atoms with Gasteiger partial charge >= 0.3 is 0 Å². The number of hydrogen-bond acceptors (Lipinski definition) is 6. The van der Waals surface area contributed by atoms with Crippen LogP contribution in [-0.2, 0) is 16.6 Å². The summed E-state index contributed by atoms with van der Waals surface area (Å²) in [5, 5.41) is -0.132. The van der Waals surface area contributed by atoms with Crippen molar-refractivity contribution in [1.82, 2.24) is 14.4 Å². The molecule has 11 heteroatoms. The molecular weight excluding hydrogens is 463 g/mol. The van der Waals surface area contributed by atoms with Crippen LogP contribution < -0.4 is 14.2 Å². The maximum Gasteiger partial charge on any atom is 0.264 e. The number of aromatic nitrogens is 3. The molecule has 0 aliphatic heterocycles. The number of halogens is 2. The highest BCUT2D eigenvalue weighted by Crippen LogP contribution is 2.32. The Bertz CT molecular complexity index is 1330. The van der Waals surface area contributed by atoms with Gasteiger partial charge in [-0.2, -0.15) is 0 Å². The lowest BCUT2D eigenvalue weighted by molar-refractivity contribution is 0.281. The van der Waals surface area contributed by atoms with Crippen LogP contribution in [0.2, 0.25) is 10.3 Å². The van der Waals surface area contributed by atoms with E-state index in [1.165, 1.54) is 25.3 Å². The smallest absolute Gasteiger partial charge is 0.264 e. The Morgan fingerprint density at radius 3 is 2.65 bits per heavy atom. The Balaban J connectivity index is 1.56. The molecule has 4 rings (SSSR count). The van der Waals surface area contributed by atoms with Crippen molar-refractivity contribution in [3.05, 3.63) is 76.9 Å². The van der Waals surface area contributed by atoms with E-state index in [0.717, 1.165) is 5.65 Å². The van der Waals surface area contributed by atoms with Crippen LogP contribution in [0.4, 0.5) is 5.69 Å². The number of fused-ring (bicyclic) bond motifs is 1. The van der Waals surface area contributed by atoms with Crippen molar-refractivity contribution < 1.29 is 17.9 Å². The maximum atomic E-state index is 12.7. The molecule has 0 fully saturated rings. The molecule has 3 aromatic heterocycles. The number of pyridine rings is 2. The number of sulfonamides is 1. The molecule has 0 unspecified atom stereocenters. The second-order valence-corrected chi connectivity index (χ2v) is 8.78. The third-order valence-electron chi connectivity index (χ3n) is 4.28. The second kappa shape index (κ2) is 8.62. The van der Waals surface area contributed by atoms with Gasteiger partial charge in [0.1, 0.15) is 22.3 Å². The lowest BCUT2D eigenvalue weighted by Crippen LogP contribution is -2.14. The zero-order chi connectivity index (χ0) is 22.0. The predicted molar refractivity (Wildman–Crippen MR) is 118 cm³/mol. The summed E-state index contributed by atoms with van der Waals surface area (Å²) in [4.78, 5) is 8.05. The van der Waals surface area contributed by atoms with Crippen molar-refractivity contribution in [2.24, 2.45) is 0 Å². The van der Waals surface area contributed by atoms with Gasteiger partial charge in [0.15, 0.2) is 16.7 Å². The topological polar surface area (TPSA) is 94.8 Å².